The molecule has 4 aliphatic heterocycles. The summed E-state index contributed by atoms with van der Waals surface area (Å²) in [5.41, 5.74) is 0.197. The lowest BCUT2D eigenvalue weighted by Crippen LogP contribution is -2.49. The summed E-state index contributed by atoms with van der Waals surface area (Å²) in [6, 6.07) is 1.06. The molecular formula is C30H62N2O4Si2. The van der Waals surface area contributed by atoms with E-state index >= 15 is 0 Å². The number of aliphatic hydroxyl groups excluding tert-OH is 2. The molecule has 0 amide bonds. The third-order valence-corrected chi connectivity index (χ3v) is 20.5. The van der Waals surface area contributed by atoms with Crippen molar-refractivity contribution in [2.24, 2.45) is 0 Å². The average molecular weight is 571 g/mol. The summed E-state index contributed by atoms with van der Waals surface area (Å²) in [6.07, 6.45) is 9.48. The van der Waals surface area contributed by atoms with E-state index in [0.29, 0.717) is 25.3 Å². The Morgan fingerprint density at radius 1 is 0.658 bits per heavy atom. The summed E-state index contributed by atoms with van der Waals surface area (Å²) in [6.45, 7) is 27.7. The van der Waals surface area contributed by atoms with Crippen LogP contribution in [0.1, 0.15) is 92.9 Å². The fourth-order valence-electron chi connectivity index (χ4n) is 6.66. The van der Waals surface area contributed by atoms with Gasteiger partial charge in [-0.15, -0.1) is 0 Å². The monoisotopic (exact) mass is 570 g/mol. The number of nitrogens with zero attached hydrogens (tertiary/aromatic N) is 2. The van der Waals surface area contributed by atoms with Crippen LogP contribution in [0.3, 0.4) is 0 Å². The molecule has 0 aromatic heterocycles. The quantitative estimate of drug-likeness (QED) is 0.349. The lowest BCUT2D eigenvalue weighted by molar-refractivity contribution is 0.0607. The van der Waals surface area contributed by atoms with Gasteiger partial charge in [-0.1, -0.05) is 41.5 Å². The molecule has 0 aliphatic carbocycles. The standard InChI is InChI=1S/2C15H31NO2Si/c2*1-14(2,3)19(4,5)18-11-13-7-9-15(12-17)8-6-10-16(13)15/h2*13,17H,6-12H2,1-5H3/t2*13-,15+/m10/s1. The van der Waals surface area contributed by atoms with Crippen molar-refractivity contribution in [1.29, 1.82) is 0 Å². The second kappa shape index (κ2) is 11.8. The highest BCUT2D eigenvalue weighted by Crippen LogP contribution is 2.45. The van der Waals surface area contributed by atoms with E-state index in [1.807, 2.05) is 0 Å². The van der Waals surface area contributed by atoms with E-state index in [-0.39, 0.29) is 21.2 Å². The van der Waals surface area contributed by atoms with Gasteiger partial charge in [-0.05, 0) is 101 Å². The van der Waals surface area contributed by atoms with E-state index in [2.05, 4.69) is 77.5 Å². The first-order valence-electron chi connectivity index (χ1n) is 15.5. The fourth-order valence-corrected chi connectivity index (χ4v) is 8.75. The molecule has 4 aliphatic rings. The van der Waals surface area contributed by atoms with E-state index in [4.69, 9.17) is 8.85 Å². The molecule has 0 saturated carbocycles. The van der Waals surface area contributed by atoms with Gasteiger partial charge in [-0.25, -0.2) is 0 Å². The topological polar surface area (TPSA) is 65.4 Å². The first-order valence-corrected chi connectivity index (χ1v) is 21.3. The van der Waals surface area contributed by atoms with Crippen LogP contribution in [0.4, 0.5) is 0 Å². The Hall–Kier alpha value is 0.194. The average Bonchev–Trinajstić information content (AvgIpc) is 3.55. The summed E-state index contributed by atoms with van der Waals surface area (Å²) < 4.78 is 12.8. The zero-order chi connectivity index (χ0) is 28.6. The first-order chi connectivity index (χ1) is 17.4. The van der Waals surface area contributed by atoms with Crippen LogP contribution in [0.25, 0.3) is 0 Å². The summed E-state index contributed by atoms with van der Waals surface area (Å²) in [4.78, 5) is 5.08. The molecule has 38 heavy (non-hydrogen) atoms. The highest BCUT2D eigenvalue weighted by atomic mass is 28.4. The van der Waals surface area contributed by atoms with Crippen molar-refractivity contribution in [1.82, 2.24) is 9.80 Å². The normalized spacial score (nSPS) is 32.8. The predicted molar refractivity (Wildman–Crippen MR) is 164 cm³/mol. The summed E-state index contributed by atoms with van der Waals surface area (Å²) >= 11 is 0. The fraction of sp³-hybridized carbons (Fsp3) is 1.00. The number of rotatable bonds is 8. The number of aliphatic hydroxyl groups is 2. The van der Waals surface area contributed by atoms with E-state index in [1.54, 1.807) is 0 Å². The molecule has 0 radical (unpaired) electrons. The summed E-state index contributed by atoms with van der Waals surface area (Å²) in [7, 11) is -3.28. The Kier molecular flexibility index (Phi) is 10.2. The molecule has 4 fully saturated rings. The van der Waals surface area contributed by atoms with Crippen LogP contribution in [0, 0.1) is 0 Å². The minimum Gasteiger partial charge on any atom is -0.415 e. The van der Waals surface area contributed by atoms with Crippen LogP contribution in [0.2, 0.25) is 36.3 Å². The molecule has 0 spiro atoms. The zero-order valence-electron chi connectivity index (χ0n) is 26.7. The van der Waals surface area contributed by atoms with Crippen LogP contribution in [-0.4, -0.2) is 99.3 Å². The van der Waals surface area contributed by atoms with Gasteiger partial charge in [0.1, 0.15) is 0 Å². The zero-order valence-corrected chi connectivity index (χ0v) is 28.7. The molecule has 224 valence electrons. The second-order valence-corrected chi connectivity index (χ2v) is 25.5. The van der Waals surface area contributed by atoms with Crippen molar-refractivity contribution in [3.63, 3.8) is 0 Å². The number of hydrogen-bond acceptors (Lipinski definition) is 6. The van der Waals surface area contributed by atoms with Gasteiger partial charge >= 0.3 is 0 Å². The molecule has 4 atom stereocenters. The smallest absolute Gasteiger partial charge is 0.192 e. The Morgan fingerprint density at radius 2 is 1.00 bits per heavy atom. The molecule has 6 nitrogen and oxygen atoms in total. The van der Waals surface area contributed by atoms with Crippen molar-refractivity contribution in [3.05, 3.63) is 0 Å². The van der Waals surface area contributed by atoms with Crippen LogP contribution in [0.15, 0.2) is 0 Å². The third-order valence-electron chi connectivity index (χ3n) is 11.5. The van der Waals surface area contributed by atoms with E-state index in [0.717, 1.165) is 39.1 Å². The number of hydrogen-bond donors (Lipinski definition) is 2. The van der Waals surface area contributed by atoms with Crippen LogP contribution >= 0.6 is 0 Å². The van der Waals surface area contributed by atoms with Gasteiger partial charge in [-0.3, -0.25) is 9.80 Å². The van der Waals surface area contributed by atoms with E-state index in [9.17, 15) is 10.2 Å². The Morgan fingerprint density at radius 3 is 1.29 bits per heavy atom. The molecule has 8 heteroatoms. The van der Waals surface area contributed by atoms with Crippen LogP contribution < -0.4 is 0 Å². The minimum absolute atomic E-state index is 0.0987. The maximum atomic E-state index is 9.73. The molecule has 0 aromatic carbocycles. The minimum atomic E-state index is -1.64. The SMILES string of the molecule is CC(C)(C)[Si](C)(C)OC[C@@H]1CC[C@@]2(CO)CCCN12.CC(C)(C)[Si](C)(C)OC[C@H]1CC[C@]2(CO)CCCN12. The van der Waals surface area contributed by atoms with Crippen LogP contribution in [-0.2, 0) is 8.85 Å². The van der Waals surface area contributed by atoms with Gasteiger partial charge in [0.25, 0.3) is 0 Å². The van der Waals surface area contributed by atoms with E-state index < -0.39 is 16.6 Å². The highest BCUT2D eigenvalue weighted by molar-refractivity contribution is 6.74. The molecule has 0 bridgehead atoms. The van der Waals surface area contributed by atoms with Gasteiger partial charge in [0.05, 0.1) is 13.2 Å². The lowest BCUT2D eigenvalue weighted by atomic mass is 9.95. The third kappa shape index (κ3) is 6.64. The largest absolute Gasteiger partial charge is 0.415 e. The van der Waals surface area contributed by atoms with Crippen LogP contribution in [0.5, 0.6) is 0 Å². The van der Waals surface area contributed by atoms with E-state index in [1.165, 1.54) is 38.5 Å². The lowest BCUT2D eigenvalue weighted by Gasteiger charge is -2.39. The molecule has 0 aromatic rings. The molecule has 4 heterocycles. The van der Waals surface area contributed by atoms with Gasteiger partial charge in [0, 0.05) is 36.4 Å². The van der Waals surface area contributed by atoms with Crippen molar-refractivity contribution >= 4 is 16.6 Å². The molecule has 0 unspecified atom stereocenters. The Bertz CT molecular complexity index is 717. The second-order valence-electron chi connectivity index (χ2n) is 15.9. The molecule has 4 rings (SSSR count). The van der Waals surface area contributed by atoms with Gasteiger partial charge < -0.3 is 19.1 Å². The Labute approximate surface area is 237 Å². The summed E-state index contributed by atoms with van der Waals surface area (Å²) in [5.74, 6) is 0. The maximum absolute atomic E-state index is 9.73. The summed E-state index contributed by atoms with van der Waals surface area (Å²) in [5, 5.41) is 20.0. The maximum Gasteiger partial charge on any atom is 0.192 e. The van der Waals surface area contributed by atoms with Gasteiger partial charge in [0.2, 0.25) is 0 Å². The van der Waals surface area contributed by atoms with Gasteiger partial charge in [0.15, 0.2) is 16.6 Å². The highest BCUT2D eigenvalue weighted by Gasteiger charge is 2.50. The van der Waals surface area contributed by atoms with Gasteiger partial charge in [-0.2, -0.15) is 0 Å². The predicted octanol–water partition coefficient (Wildman–Crippen LogP) is 6.00. The van der Waals surface area contributed by atoms with Crippen molar-refractivity contribution in [3.8, 4) is 0 Å². The number of fused-ring (bicyclic) bond motifs is 2. The molecular weight excluding hydrogens is 509 g/mol. The van der Waals surface area contributed by atoms with Crippen molar-refractivity contribution in [2.75, 3.05) is 39.5 Å². The molecule has 4 saturated heterocycles. The Balaban J connectivity index is 0.000000211. The first kappa shape index (κ1) is 32.7. The van der Waals surface area contributed by atoms with Crippen molar-refractivity contribution < 1.29 is 19.1 Å². The molecule has 2 N–H and O–H groups in total. The van der Waals surface area contributed by atoms with Crippen molar-refractivity contribution in [2.45, 2.75) is 152 Å².